The maximum absolute atomic E-state index is 11.9. The van der Waals surface area contributed by atoms with E-state index in [1.54, 1.807) is 7.11 Å². The Balaban J connectivity index is 1.60. The van der Waals surface area contributed by atoms with Gasteiger partial charge in [-0.3, -0.25) is 4.79 Å². The van der Waals surface area contributed by atoms with Crippen molar-refractivity contribution in [3.8, 4) is 0 Å². The molecule has 1 amide bonds. The molecule has 2 saturated carbocycles. The van der Waals surface area contributed by atoms with E-state index >= 15 is 0 Å². The lowest BCUT2D eigenvalue weighted by molar-refractivity contribution is -0.122. The van der Waals surface area contributed by atoms with E-state index in [0.29, 0.717) is 30.5 Å². The summed E-state index contributed by atoms with van der Waals surface area (Å²) in [6.07, 6.45) is 9.80. The first kappa shape index (κ1) is 14.8. The lowest BCUT2D eigenvalue weighted by atomic mass is 9.84. The van der Waals surface area contributed by atoms with Crippen molar-refractivity contribution < 1.29 is 9.53 Å². The van der Waals surface area contributed by atoms with E-state index in [1.807, 2.05) is 0 Å². The molecule has 0 aliphatic heterocycles. The third-order valence-corrected chi connectivity index (χ3v) is 4.75. The number of amides is 1. The fraction of sp³-hybridized carbons (Fsp3) is 0.933. The second kappa shape index (κ2) is 7.25. The SMILES string of the molecule is COC1CCC(NC(=O)CCC2CCC(N)CC2)C1. The lowest BCUT2D eigenvalue weighted by Crippen LogP contribution is -2.34. The second-order valence-electron chi connectivity index (χ2n) is 6.25. The first-order chi connectivity index (χ1) is 9.17. The zero-order chi connectivity index (χ0) is 13.7. The molecule has 0 aromatic rings. The smallest absolute Gasteiger partial charge is 0.220 e. The van der Waals surface area contributed by atoms with Gasteiger partial charge in [-0.05, 0) is 57.3 Å². The van der Waals surface area contributed by atoms with E-state index in [-0.39, 0.29) is 5.91 Å². The van der Waals surface area contributed by atoms with Crippen molar-refractivity contribution in [2.24, 2.45) is 11.7 Å². The molecule has 0 saturated heterocycles. The number of hydrogen-bond donors (Lipinski definition) is 2. The third-order valence-electron chi connectivity index (χ3n) is 4.75. The molecule has 110 valence electrons. The number of nitrogens with one attached hydrogen (secondary N) is 1. The van der Waals surface area contributed by atoms with Crippen molar-refractivity contribution in [3.63, 3.8) is 0 Å². The highest BCUT2D eigenvalue weighted by Gasteiger charge is 2.26. The largest absolute Gasteiger partial charge is 0.381 e. The van der Waals surface area contributed by atoms with E-state index in [1.165, 1.54) is 12.8 Å². The van der Waals surface area contributed by atoms with Gasteiger partial charge < -0.3 is 15.8 Å². The van der Waals surface area contributed by atoms with Crippen LogP contribution in [0, 0.1) is 5.92 Å². The van der Waals surface area contributed by atoms with Crippen LogP contribution in [0.15, 0.2) is 0 Å². The molecular weight excluding hydrogens is 240 g/mol. The third kappa shape index (κ3) is 4.77. The number of ether oxygens (including phenoxy) is 1. The van der Waals surface area contributed by atoms with Gasteiger partial charge in [0.15, 0.2) is 0 Å². The topological polar surface area (TPSA) is 64.3 Å². The summed E-state index contributed by atoms with van der Waals surface area (Å²) in [5.41, 5.74) is 5.90. The van der Waals surface area contributed by atoms with Gasteiger partial charge in [-0.1, -0.05) is 0 Å². The molecule has 4 heteroatoms. The van der Waals surface area contributed by atoms with Crippen molar-refractivity contribution in [1.29, 1.82) is 0 Å². The zero-order valence-corrected chi connectivity index (χ0v) is 12.1. The predicted molar refractivity (Wildman–Crippen MR) is 75.7 cm³/mol. The first-order valence-electron chi connectivity index (χ1n) is 7.75. The quantitative estimate of drug-likeness (QED) is 0.801. The molecular formula is C15H28N2O2. The maximum atomic E-state index is 11.9. The van der Waals surface area contributed by atoms with Crippen LogP contribution in [-0.2, 0) is 9.53 Å². The van der Waals surface area contributed by atoms with Gasteiger partial charge in [-0.2, -0.15) is 0 Å². The first-order valence-corrected chi connectivity index (χ1v) is 7.75. The monoisotopic (exact) mass is 268 g/mol. The highest BCUT2D eigenvalue weighted by molar-refractivity contribution is 5.76. The minimum absolute atomic E-state index is 0.219. The van der Waals surface area contributed by atoms with Crippen LogP contribution < -0.4 is 11.1 Å². The van der Waals surface area contributed by atoms with Gasteiger partial charge in [0.1, 0.15) is 0 Å². The molecule has 0 heterocycles. The minimum Gasteiger partial charge on any atom is -0.381 e. The summed E-state index contributed by atoms with van der Waals surface area (Å²) < 4.78 is 5.32. The average Bonchev–Trinajstić information content (AvgIpc) is 2.86. The van der Waals surface area contributed by atoms with Crippen LogP contribution in [0.25, 0.3) is 0 Å². The summed E-state index contributed by atoms with van der Waals surface area (Å²) in [5.74, 6) is 0.928. The van der Waals surface area contributed by atoms with Crippen LogP contribution in [0.2, 0.25) is 0 Å². The molecule has 3 N–H and O–H groups in total. The predicted octanol–water partition coefficient (Wildman–Crippen LogP) is 1.97. The lowest BCUT2D eigenvalue weighted by Gasteiger charge is -2.25. The number of methoxy groups -OCH3 is 1. The van der Waals surface area contributed by atoms with Gasteiger partial charge in [0, 0.05) is 25.6 Å². The molecule has 0 aromatic carbocycles. The Hall–Kier alpha value is -0.610. The Morgan fingerprint density at radius 2 is 1.95 bits per heavy atom. The zero-order valence-electron chi connectivity index (χ0n) is 12.1. The normalized spacial score (nSPS) is 35.3. The molecule has 2 aliphatic carbocycles. The van der Waals surface area contributed by atoms with Crippen molar-refractivity contribution in [1.82, 2.24) is 5.32 Å². The minimum atomic E-state index is 0.219. The molecule has 4 nitrogen and oxygen atoms in total. The van der Waals surface area contributed by atoms with Crippen LogP contribution >= 0.6 is 0 Å². The van der Waals surface area contributed by atoms with Crippen LogP contribution in [0.4, 0.5) is 0 Å². The molecule has 0 aromatic heterocycles. The highest BCUT2D eigenvalue weighted by Crippen LogP contribution is 2.27. The Kier molecular flexibility index (Phi) is 5.64. The van der Waals surface area contributed by atoms with E-state index in [4.69, 9.17) is 10.5 Å². The summed E-state index contributed by atoms with van der Waals surface area (Å²) >= 11 is 0. The summed E-state index contributed by atoms with van der Waals surface area (Å²) in [6.45, 7) is 0. The Morgan fingerprint density at radius 3 is 2.58 bits per heavy atom. The van der Waals surface area contributed by atoms with E-state index in [9.17, 15) is 4.79 Å². The second-order valence-corrected chi connectivity index (χ2v) is 6.25. The fourth-order valence-corrected chi connectivity index (χ4v) is 3.40. The van der Waals surface area contributed by atoms with Gasteiger partial charge >= 0.3 is 0 Å². The Morgan fingerprint density at radius 1 is 1.21 bits per heavy atom. The van der Waals surface area contributed by atoms with Gasteiger partial charge in [-0.25, -0.2) is 0 Å². The van der Waals surface area contributed by atoms with E-state index in [2.05, 4.69) is 5.32 Å². The van der Waals surface area contributed by atoms with Crippen molar-refractivity contribution in [2.75, 3.05) is 7.11 Å². The molecule has 2 rings (SSSR count). The highest BCUT2D eigenvalue weighted by atomic mass is 16.5. The molecule has 2 aliphatic rings. The molecule has 0 spiro atoms. The van der Waals surface area contributed by atoms with E-state index in [0.717, 1.165) is 38.5 Å². The van der Waals surface area contributed by atoms with Crippen molar-refractivity contribution in [3.05, 3.63) is 0 Å². The van der Waals surface area contributed by atoms with E-state index < -0.39 is 0 Å². The van der Waals surface area contributed by atoms with Crippen molar-refractivity contribution in [2.45, 2.75) is 76.0 Å². The number of nitrogens with two attached hydrogens (primary N) is 1. The van der Waals surface area contributed by atoms with Crippen LogP contribution in [0.5, 0.6) is 0 Å². The molecule has 19 heavy (non-hydrogen) atoms. The number of hydrogen-bond acceptors (Lipinski definition) is 3. The number of carbonyl (C=O) groups is 1. The van der Waals surface area contributed by atoms with Crippen LogP contribution in [0.1, 0.15) is 57.8 Å². The Labute approximate surface area is 116 Å². The maximum Gasteiger partial charge on any atom is 0.220 e. The molecule has 0 bridgehead atoms. The Bertz CT molecular complexity index is 288. The van der Waals surface area contributed by atoms with Crippen molar-refractivity contribution >= 4 is 5.91 Å². The van der Waals surface area contributed by atoms with Gasteiger partial charge in [0.2, 0.25) is 5.91 Å². The fourth-order valence-electron chi connectivity index (χ4n) is 3.40. The number of rotatable bonds is 5. The molecule has 2 unspecified atom stereocenters. The summed E-state index contributed by atoms with van der Waals surface area (Å²) in [7, 11) is 1.75. The standard InChI is InChI=1S/C15H28N2O2/c1-19-14-8-7-13(10-14)17-15(18)9-4-11-2-5-12(16)6-3-11/h11-14H,2-10,16H2,1H3,(H,17,18). The van der Waals surface area contributed by atoms with Crippen LogP contribution in [0.3, 0.4) is 0 Å². The molecule has 2 atom stereocenters. The van der Waals surface area contributed by atoms with Gasteiger partial charge in [-0.15, -0.1) is 0 Å². The summed E-state index contributed by atoms with van der Waals surface area (Å²) in [4.78, 5) is 11.9. The number of carbonyl (C=O) groups excluding carboxylic acids is 1. The van der Waals surface area contributed by atoms with Crippen LogP contribution in [-0.4, -0.2) is 31.2 Å². The molecule has 2 fully saturated rings. The summed E-state index contributed by atoms with van der Waals surface area (Å²) in [6, 6.07) is 0.728. The van der Waals surface area contributed by atoms with Gasteiger partial charge in [0.25, 0.3) is 0 Å². The average molecular weight is 268 g/mol. The van der Waals surface area contributed by atoms with Gasteiger partial charge in [0.05, 0.1) is 6.10 Å². The molecule has 0 radical (unpaired) electrons. The summed E-state index contributed by atoms with van der Waals surface area (Å²) in [5, 5.41) is 3.15.